The van der Waals surface area contributed by atoms with E-state index in [2.05, 4.69) is 141 Å². The maximum atomic E-state index is 11.8. The molecule has 0 aliphatic heterocycles. The van der Waals surface area contributed by atoms with Crippen molar-refractivity contribution in [2.45, 2.75) is 158 Å². The Balaban J connectivity index is -0.000000188. The van der Waals surface area contributed by atoms with Crippen LogP contribution in [-0.2, 0) is 26.2 Å². The van der Waals surface area contributed by atoms with Crippen LogP contribution in [0.15, 0.2) is 24.3 Å². The van der Waals surface area contributed by atoms with Crippen molar-refractivity contribution in [1.82, 2.24) is 0 Å². The summed E-state index contributed by atoms with van der Waals surface area (Å²) in [7, 11) is 0. The third-order valence-electron chi connectivity index (χ3n) is 2.95. The summed E-state index contributed by atoms with van der Waals surface area (Å²) in [6.07, 6.45) is 0. The Labute approximate surface area is 249 Å². The summed E-state index contributed by atoms with van der Waals surface area (Å²) in [4.78, 5) is 0. The summed E-state index contributed by atoms with van der Waals surface area (Å²) in [5, 5.41) is 13.6. The van der Waals surface area contributed by atoms with E-state index < -0.39 is 15.3 Å². The third kappa shape index (κ3) is 44.5. The molecule has 0 aromatic heterocycles. The molecule has 0 bridgehead atoms. The Hall–Kier alpha value is 0.516. The topological polar surface area (TPSA) is 42.3 Å². The maximum absolute atomic E-state index is 11.8. The van der Waals surface area contributed by atoms with Gasteiger partial charge in [-0.1, -0.05) is 125 Å². The minimum atomic E-state index is -3.89. The van der Waals surface area contributed by atoms with Crippen molar-refractivity contribution in [2.75, 3.05) is 0 Å². The molecule has 1 rings (SSSR count). The van der Waals surface area contributed by atoms with Gasteiger partial charge in [0, 0.05) is 0 Å². The molecule has 0 fully saturated rings. The van der Waals surface area contributed by atoms with Gasteiger partial charge in [0.1, 0.15) is 0 Å². The van der Waals surface area contributed by atoms with Gasteiger partial charge in [0.05, 0.1) is 0 Å². The van der Waals surface area contributed by atoms with E-state index in [-0.39, 0.29) is 63.8 Å². The predicted molar refractivity (Wildman–Crippen MR) is 160 cm³/mol. The SMILES string of the molecule is CC(C)(C)[N-]C(C)(C)C.CC(C)(C)[N-]C(C)(C)C.CC(C)(C)[N-]C(C)(C)C.[F][GeH]([F])[c-]1cccc1.[Zr+4]. The number of hydrogen-bond donors (Lipinski definition) is 0. The Morgan fingerprint density at radius 2 is 0.611 bits per heavy atom. The molecule has 0 unspecified atom stereocenters. The van der Waals surface area contributed by atoms with Crippen LogP contribution in [0, 0.1) is 0 Å². The molecule has 3 nitrogen and oxygen atoms in total. The number of nitrogens with zero attached hydrogens (tertiary/aromatic N) is 3. The number of hydrogen-bond acceptors (Lipinski definition) is 0. The van der Waals surface area contributed by atoms with Crippen molar-refractivity contribution in [3.05, 3.63) is 40.2 Å². The van der Waals surface area contributed by atoms with Gasteiger partial charge in [-0.3, -0.25) is 0 Å². The summed E-state index contributed by atoms with van der Waals surface area (Å²) in [5.74, 6) is 0. The summed E-state index contributed by atoms with van der Waals surface area (Å²) < 4.78 is 23.9. The van der Waals surface area contributed by atoms with Crippen LogP contribution in [0.3, 0.4) is 0 Å². The third-order valence-corrected chi connectivity index (χ3v) is 4.82. The van der Waals surface area contributed by atoms with Crippen molar-refractivity contribution in [3.8, 4) is 0 Å². The molecule has 0 N–H and O–H groups in total. The Morgan fingerprint density at radius 1 is 0.444 bits per heavy atom. The molecule has 0 atom stereocenters. The van der Waals surface area contributed by atoms with E-state index in [1.54, 1.807) is 12.1 Å². The minimum Gasteiger partial charge on any atom is 4.00 e. The molecule has 0 saturated heterocycles. The second kappa shape index (κ2) is 17.3. The summed E-state index contributed by atoms with van der Waals surface area (Å²) in [5.41, 5.74) is 0.656. The quantitative estimate of drug-likeness (QED) is 0.215. The molecule has 0 saturated carbocycles. The fourth-order valence-electron chi connectivity index (χ4n) is 3.55. The summed E-state index contributed by atoms with van der Waals surface area (Å²) in [6.45, 7) is 38.2. The van der Waals surface area contributed by atoms with E-state index >= 15 is 0 Å². The zero-order valence-corrected chi connectivity index (χ0v) is 31.9. The van der Waals surface area contributed by atoms with E-state index in [4.69, 9.17) is 0 Å². The molecule has 0 spiro atoms. The second-order valence-corrected chi connectivity index (χ2v) is 17.5. The largest absolute Gasteiger partial charge is 4.00 e. The minimum absolute atomic E-state index is 0. The van der Waals surface area contributed by atoms with Crippen LogP contribution < -0.4 is 4.40 Å². The first-order chi connectivity index (χ1) is 14.9. The van der Waals surface area contributed by atoms with Crippen molar-refractivity contribution in [1.29, 1.82) is 0 Å². The van der Waals surface area contributed by atoms with E-state index in [1.807, 2.05) is 0 Å². The maximum Gasteiger partial charge on any atom is 4.00 e. The molecule has 0 aliphatic carbocycles. The fraction of sp³-hybridized carbons (Fsp3) is 0.828. The molecule has 7 heteroatoms. The molecule has 36 heavy (non-hydrogen) atoms. The first-order valence-corrected chi connectivity index (χ1v) is 15.7. The zero-order chi connectivity index (χ0) is 29.1. The smallest absolute Gasteiger partial charge is 4.00 e. The van der Waals surface area contributed by atoms with Crippen LogP contribution in [0.25, 0.3) is 16.0 Å². The predicted octanol–water partition coefficient (Wildman–Crippen LogP) is 9.64. The fourth-order valence-corrected chi connectivity index (χ4v) is 4.63. The van der Waals surface area contributed by atoms with Gasteiger partial charge in [-0.05, 0) is 0 Å². The van der Waals surface area contributed by atoms with Gasteiger partial charge >= 0.3 is 77.1 Å². The molecular formula is C29H59F2GeN3Zr. The van der Waals surface area contributed by atoms with Gasteiger partial charge in [0.2, 0.25) is 0 Å². The van der Waals surface area contributed by atoms with Gasteiger partial charge in [-0.2, -0.15) is 0 Å². The van der Waals surface area contributed by atoms with Gasteiger partial charge in [-0.25, -0.2) is 0 Å². The first kappa shape index (κ1) is 43.6. The van der Waals surface area contributed by atoms with Crippen molar-refractivity contribution < 1.29 is 33.2 Å². The molecule has 0 radical (unpaired) electrons. The summed E-state index contributed by atoms with van der Waals surface area (Å²) >= 11 is -3.89. The van der Waals surface area contributed by atoms with Crippen molar-refractivity contribution in [2.24, 2.45) is 0 Å². The van der Waals surface area contributed by atoms with Gasteiger partial charge in [0.15, 0.2) is 0 Å². The van der Waals surface area contributed by atoms with Crippen LogP contribution in [0.2, 0.25) is 0 Å². The molecule has 0 heterocycles. The molecule has 1 aromatic rings. The van der Waals surface area contributed by atoms with E-state index in [9.17, 15) is 7.00 Å². The average molecular weight is 652 g/mol. The number of rotatable bonds is 1. The van der Waals surface area contributed by atoms with Crippen LogP contribution in [0.1, 0.15) is 125 Å². The molecule has 212 valence electrons. The van der Waals surface area contributed by atoms with E-state index in [1.165, 1.54) is 12.1 Å². The van der Waals surface area contributed by atoms with Gasteiger partial charge < -0.3 is 16.0 Å². The molecule has 0 aliphatic rings. The van der Waals surface area contributed by atoms with E-state index in [0.29, 0.717) is 0 Å². The zero-order valence-electron chi connectivity index (χ0n) is 27.0. The molecular weight excluding hydrogens is 592 g/mol. The number of halogens is 2. The standard InChI is InChI=1S/3C8H18N.C5H5F2Ge.Zr/c3*1-7(2,3)9-8(4,5)6;6-8(7)5-3-1-2-4-5;/h3*1-6H3;1-4,8H;/q4*-1;+4. The van der Waals surface area contributed by atoms with Crippen LogP contribution in [0.5, 0.6) is 0 Å². The van der Waals surface area contributed by atoms with Crippen LogP contribution >= 0.6 is 0 Å². The van der Waals surface area contributed by atoms with Gasteiger partial charge in [0.25, 0.3) is 0 Å². The van der Waals surface area contributed by atoms with Crippen molar-refractivity contribution in [3.63, 3.8) is 0 Å². The van der Waals surface area contributed by atoms with Gasteiger partial charge in [-0.15, -0.1) is 33.2 Å². The van der Waals surface area contributed by atoms with Crippen LogP contribution in [0.4, 0.5) is 7.00 Å². The molecule has 1 aromatic carbocycles. The average Bonchev–Trinajstić information content (AvgIpc) is 2.89. The first-order valence-electron chi connectivity index (χ1n) is 12.6. The second-order valence-electron chi connectivity index (χ2n) is 14.9. The Bertz CT molecular complexity index is 537. The Kier molecular flexibility index (Phi) is 20.9. The van der Waals surface area contributed by atoms with E-state index in [0.717, 1.165) is 0 Å². The van der Waals surface area contributed by atoms with Crippen LogP contribution in [-0.4, -0.2) is 48.5 Å². The molecule has 0 amide bonds. The Morgan fingerprint density at radius 3 is 0.667 bits per heavy atom. The monoisotopic (exact) mass is 651 g/mol. The van der Waals surface area contributed by atoms with Crippen molar-refractivity contribution >= 4 is 19.7 Å². The normalized spacial score (nSPS) is 12.8. The summed E-state index contributed by atoms with van der Waals surface area (Å²) in [6, 6.07) is 6.27.